The van der Waals surface area contributed by atoms with Crippen molar-refractivity contribution in [3.8, 4) is 0 Å². The van der Waals surface area contributed by atoms with Crippen LogP contribution in [0.25, 0.3) is 10.9 Å². The molecule has 0 aliphatic carbocycles. The van der Waals surface area contributed by atoms with Crippen LogP contribution < -0.4 is 5.73 Å². The summed E-state index contributed by atoms with van der Waals surface area (Å²) in [6.45, 7) is 1.95. The Morgan fingerprint density at radius 3 is 3.18 bits per heavy atom. The maximum absolute atomic E-state index is 5.69. The highest BCUT2D eigenvalue weighted by Gasteiger charge is 1.98. The van der Waals surface area contributed by atoms with Gasteiger partial charge in [0.1, 0.15) is 0 Å². The summed E-state index contributed by atoms with van der Waals surface area (Å²) in [5.74, 6) is 0. The lowest BCUT2D eigenvalue weighted by Crippen LogP contribution is -1.82. The van der Waals surface area contributed by atoms with E-state index in [9.17, 15) is 0 Å². The first kappa shape index (κ1) is 6.22. The number of pyridine rings is 1. The molecule has 0 aliphatic rings. The molecule has 0 radical (unpaired) electrons. The van der Waals surface area contributed by atoms with E-state index < -0.39 is 0 Å². The van der Waals surface area contributed by atoms with Gasteiger partial charge in [0.15, 0.2) is 0 Å². The first-order chi connectivity index (χ1) is 5.27. The summed E-state index contributed by atoms with van der Waals surface area (Å²) in [4.78, 5) is 7.16. The predicted molar refractivity (Wildman–Crippen MR) is 45.2 cm³/mol. The second kappa shape index (κ2) is 1.99. The number of rotatable bonds is 0. The van der Waals surface area contributed by atoms with Crippen molar-refractivity contribution < 1.29 is 0 Å². The van der Waals surface area contributed by atoms with Crippen LogP contribution >= 0.6 is 0 Å². The quantitative estimate of drug-likeness (QED) is 0.592. The fraction of sp³-hybridized carbons (Fsp3) is 0.125. The number of aryl methyl sites for hydroxylation is 1. The summed E-state index contributed by atoms with van der Waals surface area (Å²) in [7, 11) is 0. The van der Waals surface area contributed by atoms with Crippen molar-refractivity contribution in [1.29, 1.82) is 0 Å². The highest BCUT2D eigenvalue weighted by molar-refractivity contribution is 5.90. The molecule has 0 fully saturated rings. The van der Waals surface area contributed by atoms with E-state index in [1.165, 1.54) is 0 Å². The summed E-state index contributed by atoms with van der Waals surface area (Å²) in [5.41, 5.74) is 8.45. The van der Waals surface area contributed by atoms with E-state index in [4.69, 9.17) is 5.73 Å². The Morgan fingerprint density at radius 2 is 2.36 bits per heavy atom. The van der Waals surface area contributed by atoms with Crippen LogP contribution in [-0.4, -0.2) is 9.97 Å². The molecule has 0 saturated heterocycles. The van der Waals surface area contributed by atoms with Gasteiger partial charge in [-0.15, -0.1) is 0 Å². The van der Waals surface area contributed by atoms with Crippen LogP contribution in [0, 0.1) is 6.92 Å². The minimum atomic E-state index is 0.783. The van der Waals surface area contributed by atoms with Gasteiger partial charge < -0.3 is 10.7 Å². The molecule has 2 heterocycles. The Bertz CT molecular complexity index is 389. The molecule has 0 unspecified atom stereocenters. The van der Waals surface area contributed by atoms with Crippen molar-refractivity contribution in [2.75, 3.05) is 5.73 Å². The standard InChI is InChI=1S/C8H9N3/c1-5-2-6-7(9)3-11-8(6)4-10-5/h2-4,11H,9H2,1H3. The molecule has 0 aromatic carbocycles. The van der Waals surface area contributed by atoms with Crippen molar-refractivity contribution in [3.63, 3.8) is 0 Å². The Labute approximate surface area is 64.2 Å². The Hall–Kier alpha value is -1.51. The number of hydrogen-bond acceptors (Lipinski definition) is 2. The molecule has 2 rings (SSSR count). The number of nitrogens with zero attached hydrogens (tertiary/aromatic N) is 1. The van der Waals surface area contributed by atoms with Crippen molar-refractivity contribution in [3.05, 3.63) is 24.2 Å². The van der Waals surface area contributed by atoms with Gasteiger partial charge in [-0.25, -0.2) is 0 Å². The minimum absolute atomic E-state index is 0.783. The zero-order valence-corrected chi connectivity index (χ0v) is 6.26. The second-order valence-electron chi connectivity index (χ2n) is 2.62. The molecule has 0 saturated carbocycles. The molecule has 11 heavy (non-hydrogen) atoms. The van der Waals surface area contributed by atoms with E-state index in [2.05, 4.69) is 9.97 Å². The average Bonchev–Trinajstić information content (AvgIpc) is 2.33. The lowest BCUT2D eigenvalue weighted by molar-refractivity contribution is 1.22. The van der Waals surface area contributed by atoms with Crippen LogP contribution in [0.3, 0.4) is 0 Å². The minimum Gasteiger partial charge on any atom is -0.397 e. The normalized spacial score (nSPS) is 10.6. The van der Waals surface area contributed by atoms with Crippen molar-refractivity contribution >= 4 is 16.6 Å². The summed E-state index contributed by atoms with van der Waals surface area (Å²) in [6, 6.07) is 1.97. The molecule has 3 heteroatoms. The van der Waals surface area contributed by atoms with Gasteiger partial charge in [-0.05, 0) is 13.0 Å². The highest BCUT2D eigenvalue weighted by Crippen LogP contribution is 2.19. The van der Waals surface area contributed by atoms with Gasteiger partial charge >= 0.3 is 0 Å². The van der Waals surface area contributed by atoms with Gasteiger partial charge in [0.05, 0.1) is 17.4 Å². The number of nitrogens with two attached hydrogens (primary N) is 1. The topological polar surface area (TPSA) is 54.7 Å². The molecule has 3 N–H and O–H groups in total. The Kier molecular flexibility index (Phi) is 1.12. The summed E-state index contributed by atoms with van der Waals surface area (Å²) >= 11 is 0. The zero-order valence-electron chi connectivity index (χ0n) is 6.26. The van der Waals surface area contributed by atoms with Gasteiger partial charge in [-0.3, -0.25) is 4.98 Å². The fourth-order valence-electron chi connectivity index (χ4n) is 1.15. The lowest BCUT2D eigenvalue weighted by Gasteiger charge is -1.92. The van der Waals surface area contributed by atoms with Crippen LogP contribution in [-0.2, 0) is 0 Å². The number of H-pyrrole nitrogens is 1. The number of hydrogen-bond donors (Lipinski definition) is 2. The van der Waals surface area contributed by atoms with Crippen LogP contribution in [0.4, 0.5) is 5.69 Å². The molecule has 0 bridgehead atoms. The first-order valence-corrected chi connectivity index (χ1v) is 3.46. The molecule has 56 valence electrons. The lowest BCUT2D eigenvalue weighted by atomic mass is 10.2. The summed E-state index contributed by atoms with van der Waals surface area (Å²) in [6.07, 6.45) is 3.58. The fourth-order valence-corrected chi connectivity index (χ4v) is 1.15. The number of nitrogens with one attached hydrogen (secondary N) is 1. The number of fused-ring (bicyclic) bond motifs is 1. The van der Waals surface area contributed by atoms with Gasteiger partial charge in [-0.1, -0.05) is 0 Å². The molecular formula is C8H9N3. The SMILES string of the molecule is Cc1cc2c(N)c[nH]c2cn1. The van der Waals surface area contributed by atoms with E-state index in [1.54, 1.807) is 12.4 Å². The molecule has 0 atom stereocenters. The molecule has 0 spiro atoms. The van der Waals surface area contributed by atoms with Crippen LogP contribution in [0.15, 0.2) is 18.5 Å². The van der Waals surface area contributed by atoms with Gasteiger partial charge in [0.25, 0.3) is 0 Å². The molecule has 0 aliphatic heterocycles. The Morgan fingerprint density at radius 1 is 1.55 bits per heavy atom. The number of nitrogen functional groups attached to an aromatic ring is 1. The molecule has 2 aromatic rings. The van der Waals surface area contributed by atoms with Crippen LogP contribution in [0.2, 0.25) is 0 Å². The van der Waals surface area contributed by atoms with Crippen LogP contribution in [0.5, 0.6) is 0 Å². The first-order valence-electron chi connectivity index (χ1n) is 3.46. The molecule has 2 aromatic heterocycles. The van der Waals surface area contributed by atoms with E-state index in [1.807, 2.05) is 13.0 Å². The molecule has 0 amide bonds. The van der Waals surface area contributed by atoms with Crippen molar-refractivity contribution in [1.82, 2.24) is 9.97 Å². The third-order valence-corrected chi connectivity index (χ3v) is 1.73. The molecule has 3 nitrogen and oxygen atoms in total. The van der Waals surface area contributed by atoms with E-state index >= 15 is 0 Å². The number of anilines is 1. The maximum Gasteiger partial charge on any atom is 0.0662 e. The van der Waals surface area contributed by atoms with E-state index in [0.29, 0.717) is 0 Å². The predicted octanol–water partition coefficient (Wildman–Crippen LogP) is 1.45. The number of aromatic amines is 1. The van der Waals surface area contributed by atoms with Crippen molar-refractivity contribution in [2.24, 2.45) is 0 Å². The van der Waals surface area contributed by atoms with Crippen molar-refractivity contribution in [2.45, 2.75) is 6.92 Å². The number of aromatic nitrogens is 2. The maximum atomic E-state index is 5.69. The second-order valence-corrected chi connectivity index (χ2v) is 2.62. The Balaban J connectivity index is 2.87. The van der Waals surface area contributed by atoms with E-state index in [-0.39, 0.29) is 0 Å². The zero-order chi connectivity index (χ0) is 7.84. The van der Waals surface area contributed by atoms with Gasteiger partial charge in [0.2, 0.25) is 0 Å². The third-order valence-electron chi connectivity index (χ3n) is 1.73. The summed E-state index contributed by atoms with van der Waals surface area (Å²) < 4.78 is 0. The highest BCUT2D eigenvalue weighted by atomic mass is 14.8. The average molecular weight is 147 g/mol. The van der Waals surface area contributed by atoms with E-state index in [0.717, 1.165) is 22.3 Å². The summed E-state index contributed by atoms with van der Waals surface area (Å²) in [5, 5.41) is 1.05. The van der Waals surface area contributed by atoms with Crippen LogP contribution in [0.1, 0.15) is 5.69 Å². The van der Waals surface area contributed by atoms with Gasteiger partial charge in [0, 0.05) is 17.3 Å². The largest absolute Gasteiger partial charge is 0.397 e. The van der Waals surface area contributed by atoms with Gasteiger partial charge in [-0.2, -0.15) is 0 Å². The monoisotopic (exact) mass is 147 g/mol. The molecular weight excluding hydrogens is 138 g/mol. The smallest absolute Gasteiger partial charge is 0.0662 e. The third kappa shape index (κ3) is 0.852.